The van der Waals surface area contributed by atoms with Gasteiger partial charge in [0.05, 0.1) is 12.0 Å². The molecule has 0 aliphatic rings. The molecule has 0 N–H and O–H groups in total. The third-order valence-corrected chi connectivity index (χ3v) is 4.12. The van der Waals surface area contributed by atoms with Crippen LogP contribution in [0, 0.1) is 13.8 Å². The Bertz CT molecular complexity index is 608. The van der Waals surface area contributed by atoms with E-state index in [9.17, 15) is 0 Å². The van der Waals surface area contributed by atoms with Crippen molar-refractivity contribution in [3.63, 3.8) is 0 Å². The lowest BCUT2D eigenvalue weighted by Crippen LogP contribution is -2.01. The highest BCUT2D eigenvalue weighted by Gasteiger charge is 2.17. The summed E-state index contributed by atoms with van der Waals surface area (Å²) in [5.74, 6) is 0.829. The van der Waals surface area contributed by atoms with Crippen molar-refractivity contribution in [1.29, 1.82) is 0 Å². The molecule has 0 aliphatic heterocycles. The van der Waals surface area contributed by atoms with Gasteiger partial charge in [-0.1, -0.05) is 41.4 Å². The van der Waals surface area contributed by atoms with Gasteiger partial charge < -0.3 is 4.74 Å². The Morgan fingerprint density at radius 2 is 1.85 bits per heavy atom. The van der Waals surface area contributed by atoms with Gasteiger partial charge in [-0.3, -0.25) is 0 Å². The quantitative estimate of drug-likeness (QED) is 0.660. The van der Waals surface area contributed by atoms with Crippen molar-refractivity contribution in [1.82, 2.24) is 0 Å². The van der Waals surface area contributed by atoms with Crippen LogP contribution in [-0.2, 0) is 0 Å². The lowest BCUT2D eigenvalue weighted by atomic mass is 10.0. The molecular weight excluding hydrogens is 291 g/mol. The van der Waals surface area contributed by atoms with Crippen LogP contribution in [0.25, 0.3) is 0 Å². The fourth-order valence-electron chi connectivity index (χ4n) is 2.10. The molecule has 1 unspecified atom stereocenters. The van der Waals surface area contributed by atoms with Crippen LogP contribution in [0.2, 0.25) is 5.02 Å². The summed E-state index contributed by atoms with van der Waals surface area (Å²) in [7, 11) is 0. The Morgan fingerprint density at radius 1 is 1.10 bits per heavy atom. The van der Waals surface area contributed by atoms with Crippen LogP contribution < -0.4 is 4.74 Å². The molecule has 0 aliphatic carbocycles. The Morgan fingerprint density at radius 3 is 2.50 bits per heavy atom. The van der Waals surface area contributed by atoms with Crippen molar-refractivity contribution in [2.24, 2.45) is 0 Å². The highest BCUT2D eigenvalue weighted by Crippen LogP contribution is 2.37. The molecule has 1 nitrogen and oxygen atoms in total. The highest BCUT2D eigenvalue weighted by atomic mass is 35.5. The summed E-state index contributed by atoms with van der Waals surface area (Å²) in [5, 5.41) is 0.466. The maximum atomic E-state index is 6.63. The first kappa shape index (κ1) is 15.2. The zero-order valence-corrected chi connectivity index (χ0v) is 13.4. The van der Waals surface area contributed by atoms with Crippen LogP contribution in [0.1, 0.15) is 34.6 Å². The molecule has 2 aromatic rings. The van der Waals surface area contributed by atoms with Crippen molar-refractivity contribution in [3.05, 3.63) is 63.7 Å². The monoisotopic (exact) mass is 308 g/mol. The molecule has 0 spiro atoms. The minimum atomic E-state index is -0.269. The number of ether oxygens (including phenoxy) is 1. The summed E-state index contributed by atoms with van der Waals surface area (Å²) < 4.78 is 5.67. The van der Waals surface area contributed by atoms with E-state index < -0.39 is 0 Å². The van der Waals surface area contributed by atoms with E-state index >= 15 is 0 Å². The van der Waals surface area contributed by atoms with Gasteiger partial charge in [-0.05, 0) is 44.0 Å². The number of alkyl halides is 1. The van der Waals surface area contributed by atoms with Crippen LogP contribution in [0.5, 0.6) is 5.75 Å². The Labute approximate surface area is 130 Å². The maximum absolute atomic E-state index is 6.63. The summed E-state index contributed by atoms with van der Waals surface area (Å²) >= 11 is 12.8. The first-order valence-electron chi connectivity index (χ1n) is 6.66. The Hall–Kier alpha value is -1.18. The van der Waals surface area contributed by atoms with Crippen LogP contribution >= 0.6 is 23.2 Å². The second-order valence-electron chi connectivity index (χ2n) is 4.85. The van der Waals surface area contributed by atoms with Gasteiger partial charge in [0.2, 0.25) is 0 Å². The maximum Gasteiger partial charge on any atom is 0.124 e. The molecule has 2 aromatic carbocycles. The fourth-order valence-corrected chi connectivity index (χ4v) is 2.59. The smallest absolute Gasteiger partial charge is 0.124 e. The molecule has 0 heterocycles. The molecule has 1 atom stereocenters. The summed E-state index contributed by atoms with van der Waals surface area (Å²) in [4.78, 5) is 0. The van der Waals surface area contributed by atoms with E-state index in [0.717, 1.165) is 33.0 Å². The molecule has 0 aromatic heterocycles. The van der Waals surface area contributed by atoms with Gasteiger partial charge in [0.15, 0.2) is 0 Å². The molecular formula is C17H18Cl2O. The predicted octanol–water partition coefficient (Wildman–Crippen LogP) is 5.68. The summed E-state index contributed by atoms with van der Waals surface area (Å²) in [6, 6.07) is 12.0. The van der Waals surface area contributed by atoms with Gasteiger partial charge in [-0.15, -0.1) is 11.6 Å². The second kappa shape index (κ2) is 6.51. The zero-order valence-electron chi connectivity index (χ0n) is 11.9. The molecule has 20 heavy (non-hydrogen) atoms. The van der Waals surface area contributed by atoms with Gasteiger partial charge >= 0.3 is 0 Å². The molecule has 3 heteroatoms. The number of rotatable bonds is 4. The summed E-state index contributed by atoms with van der Waals surface area (Å²) in [5.41, 5.74) is 4.17. The molecule has 0 radical (unpaired) electrons. The minimum Gasteiger partial charge on any atom is -0.494 e. The first-order chi connectivity index (χ1) is 9.52. The van der Waals surface area contributed by atoms with Gasteiger partial charge in [-0.25, -0.2) is 0 Å². The van der Waals surface area contributed by atoms with Crippen LogP contribution in [-0.4, -0.2) is 6.61 Å². The van der Waals surface area contributed by atoms with Crippen molar-refractivity contribution in [2.75, 3.05) is 6.61 Å². The normalized spacial score (nSPS) is 12.2. The predicted molar refractivity (Wildman–Crippen MR) is 86.2 cm³/mol. The van der Waals surface area contributed by atoms with Crippen molar-refractivity contribution >= 4 is 23.2 Å². The third kappa shape index (κ3) is 3.28. The van der Waals surface area contributed by atoms with Gasteiger partial charge in [-0.2, -0.15) is 0 Å². The van der Waals surface area contributed by atoms with E-state index in [0.29, 0.717) is 6.61 Å². The highest BCUT2D eigenvalue weighted by molar-refractivity contribution is 6.31. The number of halogens is 2. The number of aryl methyl sites for hydroxylation is 2. The molecule has 0 saturated heterocycles. The van der Waals surface area contributed by atoms with Crippen molar-refractivity contribution in [2.45, 2.75) is 26.1 Å². The van der Waals surface area contributed by atoms with Crippen LogP contribution in [0.15, 0.2) is 36.4 Å². The van der Waals surface area contributed by atoms with Gasteiger partial charge in [0, 0.05) is 10.6 Å². The standard InChI is InChI=1S/C17H18Cl2O/c1-4-20-16-8-5-11(2)9-14(16)17(19)13-7-6-12(3)15(18)10-13/h5-10,17H,4H2,1-3H3. The molecule has 0 amide bonds. The summed E-state index contributed by atoms with van der Waals surface area (Å²) in [6.07, 6.45) is 0. The first-order valence-corrected chi connectivity index (χ1v) is 7.47. The lowest BCUT2D eigenvalue weighted by Gasteiger charge is -2.17. The van der Waals surface area contributed by atoms with E-state index in [1.807, 2.05) is 51.1 Å². The third-order valence-electron chi connectivity index (χ3n) is 3.23. The molecule has 0 saturated carbocycles. The van der Waals surface area contributed by atoms with Gasteiger partial charge in [0.1, 0.15) is 5.75 Å². The minimum absolute atomic E-state index is 0.269. The average molecular weight is 309 g/mol. The largest absolute Gasteiger partial charge is 0.494 e. The van der Waals surface area contributed by atoms with Crippen molar-refractivity contribution in [3.8, 4) is 5.75 Å². The number of benzene rings is 2. The second-order valence-corrected chi connectivity index (χ2v) is 5.69. The van der Waals surface area contributed by atoms with Crippen LogP contribution in [0.3, 0.4) is 0 Å². The number of hydrogen-bond acceptors (Lipinski definition) is 1. The summed E-state index contributed by atoms with van der Waals surface area (Å²) in [6.45, 7) is 6.61. The molecule has 2 rings (SSSR count). The Kier molecular flexibility index (Phi) is 4.95. The SMILES string of the molecule is CCOc1ccc(C)cc1C(Cl)c1ccc(C)c(Cl)c1. The average Bonchev–Trinajstić information content (AvgIpc) is 2.43. The van der Waals surface area contributed by atoms with E-state index in [1.54, 1.807) is 0 Å². The number of hydrogen-bond donors (Lipinski definition) is 0. The van der Waals surface area contributed by atoms with Gasteiger partial charge in [0.25, 0.3) is 0 Å². The van der Waals surface area contributed by atoms with E-state index in [-0.39, 0.29) is 5.38 Å². The van der Waals surface area contributed by atoms with Crippen molar-refractivity contribution < 1.29 is 4.74 Å². The van der Waals surface area contributed by atoms with E-state index in [2.05, 4.69) is 6.07 Å². The van der Waals surface area contributed by atoms with E-state index in [1.165, 1.54) is 0 Å². The topological polar surface area (TPSA) is 9.23 Å². The fraction of sp³-hybridized carbons (Fsp3) is 0.294. The van der Waals surface area contributed by atoms with E-state index in [4.69, 9.17) is 27.9 Å². The lowest BCUT2D eigenvalue weighted by molar-refractivity contribution is 0.337. The van der Waals surface area contributed by atoms with Crippen LogP contribution in [0.4, 0.5) is 0 Å². The molecule has 0 fully saturated rings. The molecule has 0 bridgehead atoms. The molecule has 106 valence electrons. The zero-order chi connectivity index (χ0) is 14.7. The Balaban J connectivity index is 2.43.